The quantitative estimate of drug-likeness (QED) is 0.443. The zero-order valence-electron chi connectivity index (χ0n) is 12.8. The van der Waals surface area contributed by atoms with Gasteiger partial charge in [-0.2, -0.15) is 0 Å². The minimum atomic E-state index is 0.766. The SMILES string of the molecule is Clc1ccc(CSc2nnc(SC/C=C/c3ccccc3)s2)cc1. The van der Waals surface area contributed by atoms with E-state index in [1.165, 1.54) is 11.1 Å². The maximum atomic E-state index is 5.90. The van der Waals surface area contributed by atoms with Crippen LogP contribution in [0.15, 0.2) is 69.4 Å². The van der Waals surface area contributed by atoms with Crippen LogP contribution in [0.2, 0.25) is 5.02 Å². The number of rotatable bonds is 7. The van der Waals surface area contributed by atoms with Gasteiger partial charge in [-0.05, 0) is 23.3 Å². The molecule has 1 aromatic heterocycles. The fraction of sp³-hybridized carbons (Fsp3) is 0.111. The molecule has 0 saturated carbocycles. The van der Waals surface area contributed by atoms with Crippen LogP contribution in [0.3, 0.4) is 0 Å². The number of nitrogens with zero attached hydrogens (tertiary/aromatic N) is 2. The smallest absolute Gasteiger partial charge is 0.131 e. The predicted octanol–water partition coefficient (Wildman–Crippen LogP) is 6.29. The van der Waals surface area contributed by atoms with Crippen LogP contribution in [-0.4, -0.2) is 16.0 Å². The lowest BCUT2D eigenvalue weighted by molar-refractivity contribution is 0.955. The first-order valence-corrected chi connectivity index (χ1v) is 10.5. The number of benzene rings is 2. The molecule has 0 aliphatic heterocycles. The average molecular weight is 391 g/mol. The van der Waals surface area contributed by atoms with Gasteiger partial charge in [-0.25, -0.2) is 0 Å². The maximum Gasteiger partial charge on any atom is 0.175 e. The second-order valence-corrected chi connectivity index (χ2v) is 8.78. The summed E-state index contributed by atoms with van der Waals surface area (Å²) in [6, 6.07) is 18.2. The van der Waals surface area contributed by atoms with Crippen molar-refractivity contribution < 1.29 is 0 Å². The minimum Gasteiger partial charge on any atom is -0.131 e. The molecule has 2 aromatic carbocycles. The zero-order chi connectivity index (χ0) is 16.6. The van der Waals surface area contributed by atoms with E-state index in [1.807, 2.05) is 42.5 Å². The molecule has 24 heavy (non-hydrogen) atoms. The highest BCUT2D eigenvalue weighted by molar-refractivity contribution is 8.03. The first kappa shape index (κ1) is 17.5. The van der Waals surface area contributed by atoms with E-state index in [4.69, 9.17) is 11.6 Å². The van der Waals surface area contributed by atoms with Crippen LogP contribution in [0, 0.1) is 0 Å². The fourth-order valence-electron chi connectivity index (χ4n) is 1.91. The normalized spacial score (nSPS) is 11.2. The van der Waals surface area contributed by atoms with Crippen molar-refractivity contribution in [2.24, 2.45) is 0 Å². The molecule has 6 heteroatoms. The Morgan fingerprint density at radius 2 is 1.62 bits per heavy atom. The summed E-state index contributed by atoms with van der Waals surface area (Å²) >= 11 is 11.0. The Morgan fingerprint density at radius 1 is 0.917 bits per heavy atom. The summed E-state index contributed by atoms with van der Waals surface area (Å²) in [4.78, 5) is 0. The predicted molar refractivity (Wildman–Crippen MR) is 107 cm³/mol. The van der Waals surface area contributed by atoms with E-state index in [9.17, 15) is 0 Å². The molecule has 0 radical (unpaired) electrons. The molecular formula is C18H15ClN2S3. The van der Waals surface area contributed by atoms with E-state index < -0.39 is 0 Å². The third-order valence-corrected chi connectivity index (χ3v) is 6.54. The summed E-state index contributed by atoms with van der Waals surface area (Å²) in [5, 5.41) is 9.25. The van der Waals surface area contributed by atoms with Gasteiger partial charge >= 0.3 is 0 Å². The lowest BCUT2D eigenvalue weighted by Gasteiger charge is -1.98. The van der Waals surface area contributed by atoms with Crippen molar-refractivity contribution in [2.45, 2.75) is 14.4 Å². The van der Waals surface area contributed by atoms with Crippen molar-refractivity contribution >= 4 is 52.5 Å². The molecule has 0 unspecified atom stereocenters. The summed E-state index contributed by atoms with van der Waals surface area (Å²) in [7, 11) is 0. The molecule has 0 amide bonds. The second kappa shape index (κ2) is 9.28. The molecule has 2 nitrogen and oxygen atoms in total. The first-order chi connectivity index (χ1) is 11.8. The van der Waals surface area contributed by atoms with Gasteiger partial charge in [0.15, 0.2) is 8.68 Å². The van der Waals surface area contributed by atoms with Gasteiger partial charge in [-0.15, -0.1) is 10.2 Å². The largest absolute Gasteiger partial charge is 0.175 e. The first-order valence-electron chi connectivity index (χ1n) is 7.35. The molecule has 1 heterocycles. The molecule has 0 aliphatic rings. The van der Waals surface area contributed by atoms with E-state index in [0.717, 1.165) is 25.2 Å². The Kier molecular flexibility index (Phi) is 6.78. The van der Waals surface area contributed by atoms with Gasteiger partial charge in [0.25, 0.3) is 0 Å². The lowest BCUT2D eigenvalue weighted by Crippen LogP contribution is -1.79. The van der Waals surface area contributed by atoms with E-state index in [2.05, 4.69) is 34.5 Å². The van der Waals surface area contributed by atoms with Gasteiger partial charge in [-0.3, -0.25) is 0 Å². The highest BCUT2D eigenvalue weighted by atomic mass is 35.5. The zero-order valence-corrected chi connectivity index (χ0v) is 16.0. The molecule has 0 spiro atoms. The standard InChI is InChI=1S/C18H15ClN2S3/c19-16-10-8-15(9-11-16)13-23-18-21-20-17(24-18)22-12-4-7-14-5-2-1-3-6-14/h1-11H,12-13H2/b7-4+. The summed E-state index contributed by atoms with van der Waals surface area (Å²) in [5.74, 6) is 1.77. The third-order valence-electron chi connectivity index (χ3n) is 3.08. The van der Waals surface area contributed by atoms with Crippen LogP contribution in [0.5, 0.6) is 0 Å². The Hall–Kier alpha value is -1.27. The lowest BCUT2D eigenvalue weighted by atomic mass is 10.2. The van der Waals surface area contributed by atoms with Gasteiger partial charge in [0.05, 0.1) is 0 Å². The van der Waals surface area contributed by atoms with E-state index >= 15 is 0 Å². The number of thioether (sulfide) groups is 2. The summed E-state index contributed by atoms with van der Waals surface area (Å²) < 4.78 is 2.01. The van der Waals surface area contributed by atoms with Crippen molar-refractivity contribution in [2.75, 3.05) is 5.75 Å². The summed E-state index contributed by atoms with van der Waals surface area (Å²) in [5.41, 5.74) is 2.45. The third kappa shape index (κ3) is 5.67. The summed E-state index contributed by atoms with van der Waals surface area (Å²) in [6.07, 6.45) is 4.28. The number of aromatic nitrogens is 2. The molecule has 0 N–H and O–H groups in total. The Morgan fingerprint density at radius 3 is 2.38 bits per heavy atom. The van der Waals surface area contributed by atoms with E-state index in [-0.39, 0.29) is 0 Å². The average Bonchev–Trinajstić information content (AvgIpc) is 3.07. The van der Waals surface area contributed by atoms with Crippen molar-refractivity contribution in [1.29, 1.82) is 0 Å². The Balaban J connectivity index is 1.45. The fourth-order valence-corrected chi connectivity index (χ4v) is 4.84. The molecular weight excluding hydrogens is 376 g/mol. The molecule has 0 fully saturated rings. The van der Waals surface area contributed by atoms with Gasteiger partial charge in [-0.1, -0.05) is 101 Å². The molecule has 3 rings (SSSR count). The van der Waals surface area contributed by atoms with Crippen molar-refractivity contribution in [1.82, 2.24) is 10.2 Å². The van der Waals surface area contributed by atoms with Gasteiger partial charge in [0.1, 0.15) is 0 Å². The molecule has 0 aliphatic carbocycles. The number of hydrogen-bond acceptors (Lipinski definition) is 5. The van der Waals surface area contributed by atoms with Crippen molar-refractivity contribution in [3.8, 4) is 0 Å². The molecule has 0 saturated heterocycles. The van der Waals surface area contributed by atoms with Crippen LogP contribution in [-0.2, 0) is 5.75 Å². The Bertz CT molecular complexity index is 786. The van der Waals surface area contributed by atoms with Crippen LogP contribution in [0.1, 0.15) is 11.1 Å². The maximum absolute atomic E-state index is 5.90. The molecule has 122 valence electrons. The van der Waals surface area contributed by atoms with Gasteiger partial charge < -0.3 is 0 Å². The highest BCUT2D eigenvalue weighted by Crippen LogP contribution is 2.31. The minimum absolute atomic E-state index is 0.766. The van der Waals surface area contributed by atoms with Crippen LogP contribution < -0.4 is 0 Å². The molecule has 0 atom stereocenters. The van der Waals surface area contributed by atoms with Crippen LogP contribution in [0.4, 0.5) is 0 Å². The monoisotopic (exact) mass is 390 g/mol. The van der Waals surface area contributed by atoms with E-state index in [0.29, 0.717) is 0 Å². The van der Waals surface area contributed by atoms with Crippen molar-refractivity contribution in [3.05, 3.63) is 76.8 Å². The molecule has 3 aromatic rings. The van der Waals surface area contributed by atoms with Crippen LogP contribution >= 0.6 is 46.5 Å². The van der Waals surface area contributed by atoms with Gasteiger partial charge in [0, 0.05) is 16.5 Å². The highest BCUT2D eigenvalue weighted by Gasteiger charge is 2.05. The number of halogens is 1. The molecule has 0 bridgehead atoms. The van der Waals surface area contributed by atoms with Crippen LogP contribution in [0.25, 0.3) is 6.08 Å². The topological polar surface area (TPSA) is 25.8 Å². The van der Waals surface area contributed by atoms with Gasteiger partial charge in [0.2, 0.25) is 0 Å². The van der Waals surface area contributed by atoms with E-state index in [1.54, 1.807) is 34.9 Å². The number of hydrogen-bond donors (Lipinski definition) is 0. The Labute approximate surface area is 159 Å². The second-order valence-electron chi connectivity index (χ2n) is 4.87. The summed E-state index contributed by atoms with van der Waals surface area (Å²) in [6.45, 7) is 0. The van der Waals surface area contributed by atoms with Crippen molar-refractivity contribution in [3.63, 3.8) is 0 Å².